The van der Waals surface area contributed by atoms with Gasteiger partial charge in [0.05, 0.1) is 39.1 Å². The molecule has 0 fully saturated rings. The molecule has 1 atom stereocenters. The molecule has 17 heavy (non-hydrogen) atoms. The van der Waals surface area contributed by atoms with Gasteiger partial charge >= 0.3 is 0 Å². The Labute approximate surface area is 105 Å². The van der Waals surface area contributed by atoms with Crippen molar-refractivity contribution in [2.75, 3.05) is 46.8 Å². The van der Waals surface area contributed by atoms with Gasteiger partial charge in [-0.2, -0.15) is 0 Å². The molecule has 5 heteroatoms. The summed E-state index contributed by atoms with van der Waals surface area (Å²) < 4.78 is 15.3. The zero-order chi connectivity index (χ0) is 13.4. The van der Waals surface area contributed by atoms with Crippen LogP contribution in [-0.4, -0.2) is 63.1 Å². The van der Waals surface area contributed by atoms with Gasteiger partial charge in [0.2, 0.25) is 0 Å². The molecule has 0 heterocycles. The van der Waals surface area contributed by atoms with Crippen LogP contribution in [0.5, 0.6) is 0 Å². The summed E-state index contributed by atoms with van der Waals surface area (Å²) in [5.41, 5.74) is 0. The molecule has 0 aromatic heterocycles. The van der Waals surface area contributed by atoms with E-state index in [-0.39, 0.29) is 6.61 Å². The first kappa shape index (κ1) is 19.1. The number of hydrogen-bond acceptors (Lipinski definition) is 5. The lowest BCUT2D eigenvalue weighted by molar-refractivity contribution is 0.0242. The molecule has 0 aliphatic carbocycles. The van der Waals surface area contributed by atoms with E-state index < -0.39 is 6.10 Å². The first-order valence-corrected chi connectivity index (χ1v) is 6.12. The lowest BCUT2D eigenvalue weighted by Gasteiger charge is -2.04. The fourth-order valence-corrected chi connectivity index (χ4v) is 0.711. The van der Waals surface area contributed by atoms with Gasteiger partial charge in [-0.3, -0.25) is 0 Å². The quantitative estimate of drug-likeness (QED) is 0.564. The Hall–Kier alpha value is -0.200. The Morgan fingerprint density at radius 1 is 1.00 bits per heavy atom. The van der Waals surface area contributed by atoms with Crippen molar-refractivity contribution < 1.29 is 24.4 Å². The Bertz CT molecular complexity index is 109. The molecule has 0 bridgehead atoms. The standard InChI is InChI=1S/C9H20O3.C3H8O2/c1-3-4-5-11-8-9-12-7-6-10-2;1-3(5)2-4/h3-9H2,1-2H3;3-5H,2H2,1H3. The molecule has 1 unspecified atom stereocenters. The van der Waals surface area contributed by atoms with Gasteiger partial charge in [0.25, 0.3) is 0 Å². The van der Waals surface area contributed by atoms with Gasteiger partial charge in [0.15, 0.2) is 0 Å². The van der Waals surface area contributed by atoms with Crippen LogP contribution in [0.1, 0.15) is 26.7 Å². The van der Waals surface area contributed by atoms with Gasteiger partial charge in [-0.05, 0) is 13.3 Å². The third-order valence-corrected chi connectivity index (χ3v) is 1.71. The monoisotopic (exact) mass is 252 g/mol. The van der Waals surface area contributed by atoms with Gasteiger partial charge in [-0.15, -0.1) is 0 Å². The first-order valence-electron chi connectivity index (χ1n) is 6.12. The molecule has 0 aromatic carbocycles. The second kappa shape index (κ2) is 18.2. The molecule has 0 radical (unpaired) electrons. The highest BCUT2D eigenvalue weighted by atomic mass is 16.5. The number of rotatable bonds is 10. The van der Waals surface area contributed by atoms with Crippen LogP contribution < -0.4 is 0 Å². The largest absolute Gasteiger partial charge is 0.394 e. The van der Waals surface area contributed by atoms with Crippen LogP contribution in [0.2, 0.25) is 0 Å². The van der Waals surface area contributed by atoms with Gasteiger partial charge in [-0.25, -0.2) is 0 Å². The van der Waals surface area contributed by atoms with E-state index in [2.05, 4.69) is 6.92 Å². The molecular formula is C12H28O5. The van der Waals surface area contributed by atoms with Crippen molar-refractivity contribution in [2.45, 2.75) is 32.8 Å². The maximum atomic E-state index is 8.11. The summed E-state index contributed by atoms with van der Waals surface area (Å²) in [6, 6.07) is 0. The van der Waals surface area contributed by atoms with Crippen molar-refractivity contribution in [1.29, 1.82) is 0 Å². The first-order chi connectivity index (χ1) is 8.18. The molecule has 0 aliphatic heterocycles. The summed E-state index contributed by atoms with van der Waals surface area (Å²) in [7, 11) is 1.67. The molecule has 0 saturated heterocycles. The summed E-state index contributed by atoms with van der Waals surface area (Å²) in [5.74, 6) is 0. The van der Waals surface area contributed by atoms with Crippen LogP contribution in [0.4, 0.5) is 0 Å². The second-order valence-electron chi connectivity index (χ2n) is 3.60. The van der Waals surface area contributed by atoms with Crippen molar-refractivity contribution in [3.63, 3.8) is 0 Å². The number of aliphatic hydroxyl groups excluding tert-OH is 2. The van der Waals surface area contributed by atoms with E-state index in [9.17, 15) is 0 Å². The molecule has 0 saturated carbocycles. The Morgan fingerprint density at radius 3 is 1.88 bits per heavy atom. The van der Waals surface area contributed by atoms with E-state index in [1.807, 2.05) is 0 Å². The van der Waals surface area contributed by atoms with E-state index in [0.29, 0.717) is 26.4 Å². The molecule has 0 aromatic rings. The summed E-state index contributed by atoms with van der Waals surface area (Å²) in [6.07, 6.45) is 1.76. The second-order valence-corrected chi connectivity index (χ2v) is 3.60. The maximum absolute atomic E-state index is 8.11. The normalized spacial score (nSPS) is 11.8. The molecule has 0 aliphatic rings. The number of unbranched alkanes of at least 4 members (excludes halogenated alkanes) is 1. The Kier molecular flexibility index (Phi) is 20.5. The zero-order valence-corrected chi connectivity index (χ0v) is 11.4. The fraction of sp³-hybridized carbons (Fsp3) is 1.00. The zero-order valence-electron chi connectivity index (χ0n) is 11.4. The van der Waals surface area contributed by atoms with E-state index in [1.54, 1.807) is 7.11 Å². The SMILES string of the molecule is CC(O)CO.CCCCOCCOCCOC. The van der Waals surface area contributed by atoms with Crippen molar-refractivity contribution >= 4 is 0 Å². The van der Waals surface area contributed by atoms with Crippen LogP contribution in [-0.2, 0) is 14.2 Å². The predicted molar refractivity (Wildman–Crippen MR) is 67.2 cm³/mol. The van der Waals surface area contributed by atoms with Crippen molar-refractivity contribution in [1.82, 2.24) is 0 Å². The van der Waals surface area contributed by atoms with E-state index in [4.69, 9.17) is 24.4 Å². The molecular weight excluding hydrogens is 224 g/mol. The third kappa shape index (κ3) is 25.8. The minimum Gasteiger partial charge on any atom is -0.394 e. The lowest BCUT2D eigenvalue weighted by Crippen LogP contribution is -2.08. The van der Waals surface area contributed by atoms with Crippen LogP contribution in [0, 0.1) is 0 Å². The van der Waals surface area contributed by atoms with Crippen molar-refractivity contribution in [2.24, 2.45) is 0 Å². The molecule has 0 rings (SSSR count). The highest BCUT2D eigenvalue weighted by Crippen LogP contribution is 1.87. The van der Waals surface area contributed by atoms with Crippen LogP contribution in [0.15, 0.2) is 0 Å². The van der Waals surface area contributed by atoms with Gasteiger partial charge in [0.1, 0.15) is 0 Å². The minimum atomic E-state index is -0.560. The van der Waals surface area contributed by atoms with Crippen LogP contribution in [0.25, 0.3) is 0 Å². The van der Waals surface area contributed by atoms with Crippen molar-refractivity contribution in [3.8, 4) is 0 Å². The van der Waals surface area contributed by atoms with Gasteiger partial charge < -0.3 is 24.4 Å². The van der Waals surface area contributed by atoms with Gasteiger partial charge in [-0.1, -0.05) is 13.3 Å². The average Bonchev–Trinajstić information content (AvgIpc) is 2.33. The molecule has 0 spiro atoms. The smallest absolute Gasteiger partial charge is 0.0742 e. The topological polar surface area (TPSA) is 68.2 Å². The highest BCUT2D eigenvalue weighted by Gasteiger charge is 1.88. The number of hydrogen-bond donors (Lipinski definition) is 2. The average molecular weight is 252 g/mol. The summed E-state index contributed by atoms with van der Waals surface area (Å²) >= 11 is 0. The summed E-state index contributed by atoms with van der Waals surface area (Å²) in [5, 5.41) is 16.0. The van der Waals surface area contributed by atoms with E-state index >= 15 is 0 Å². The Morgan fingerprint density at radius 2 is 1.47 bits per heavy atom. The fourth-order valence-electron chi connectivity index (χ4n) is 0.711. The number of methoxy groups -OCH3 is 1. The minimum absolute atomic E-state index is 0.139. The summed E-state index contributed by atoms with van der Waals surface area (Å²) in [4.78, 5) is 0. The third-order valence-electron chi connectivity index (χ3n) is 1.71. The number of aliphatic hydroxyl groups is 2. The molecule has 106 valence electrons. The highest BCUT2D eigenvalue weighted by molar-refractivity contribution is 4.34. The molecule has 5 nitrogen and oxygen atoms in total. The van der Waals surface area contributed by atoms with E-state index in [1.165, 1.54) is 13.3 Å². The lowest BCUT2D eigenvalue weighted by atomic mass is 10.4. The molecule has 0 amide bonds. The summed E-state index contributed by atoms with van der Waals surface area (Å²) in [6.45, 7) is 7.09. The van der Waals surface area contributed by atoms with Crippen LogP contribution >= 0.6 is 0 Å². The van der Waals surface area contributed by atoms with Crippen LogP contribution in [0.3, 0.4) is 0 Å². The van der Waals surface area contributed by atoms with Gasteiger partial charge in [0, 0.05) is 13.7 Å². The van der Waals surface area contributed by atoms with E-state index in [0.717, 1.165) is 13.0 Å². The predicted octanol–water partition coefficient (Wildman–Crippen LogP) is 0.826. The number of ether oxygens (including phenoxy) is 3. The maximum Gasteiger partial charge on any atom is 0.0742 e. The Balaban J connectivity index is 0. The molecule has 2 N–H and O–H groups in total. The van der Waals surface area contributed by atoms with Crippen molar-refractivity contribution in [3.05, 3.63) is 0 Å².